The van der Waals surface area contributed by atoms with E-state index in [1.807, 2.05) is 13.8 Å². The molecule has 3 aromatic rings. The Labute approximate surface area is 279 Å². The lowest BCUT2D eigenvalue weighted by Gasteiger charge is -2.33. The monoisotopic (exact) mass is 699 g/mol. The van der Waals surface area contributed by atoms with Crippen LogP contribution in [0.15, 0.2) is 59.5 Å². The van der Waals surface area contributed by atoms with Crippen molar-refractivity contribution in [2.75, 3.05) is 32.2 Å². The zero-order valence-electron chi connectivity index (χ0n) is 25.8. The lowest BCUT2D eigenvalue weighted by atomic mass is 10.1. The number of rotatable bonds is 14. The van der Waals surface area contributed by atoms with Gasteiger partial charge in [0, 0.05) is 23.7 Å². The Balaban J connectivity index is 2.16. The highest BCUT2D eigenvalue weighted by Crippen LogP contribution is 2.37. The number of carbonyl (C=O) groups excluding carboxylic acids is 2. The van der Waals surface area contributed by atoms with E-state index >= 15 is 0 Å². The molecule has 0 radical (unpaired) electrons. The molecule has 0 saturated carbocycles. The second-order valence-electron chi connectivity index (χ2n) is 10.1. The van der Waals surface area contributed by atoms with Crippen molar-refractivity contribution < 1.29 is 32.2 Å². The Kier molecular flexibility index (Phi) is 12.6. The van der Waals surface area contributed by atoms with Gasteiger partial charge in [-0.15, -0.1) is 0 Å². The van der Waals surface area contributed by atoms with Crippen LogP contribution in [0.1, 0.15) is 32.8 Å². The summed E-state index contributed by atoms with van der Waals surface area (Å²) >= 11 is 18.7. The Morgan fingerprint density at radius 3 is 2.09 bits per heavy atom. The molecule has 2 atom stereocenters. The van der Waals surface area contributed by atoms with Crippen molar-refractivity contribution in [3.8, 4) is 17.2 Å². The number of benzene rings is 3. The highest BCUT2D eigenvalue weighted by molar-refractivity contribution is 7.92. The van der Waals surface area contributed by atoms with E-state index in [2.05, 4.69) is 5.32 Å². The van der Waals surface area contributed by atoms with Crippen molar-refractivity contribution in [2.24, 2.45) is 0 Å². The zero-order chi connectivity index (χ0) is 33.5. The van der Waals surface area contributed by atoms with E-state index < -0.39 is 34.4 Å². The van der Waals surface area contributed by atoms with Crippen LogP contribution in [0.25, 0.3) is 0 Å². The lowest BCUT2D eigenvalue weighted by Crippen LogP contribution is -2.52. The van der Waals surface area contributed by atoms with E-state index in [1.165, 1.54) is 62.6 Å². The summed E-state index contributed by atoms with van der Waals surface area (Å²) in [7, 11) is -0.300. The number of anilines is 1. The predicted octanol–water partition coefficient (Wildman–Crippen LogP) is 6.20. The third-order valence-electron chi connectivity index (χ3n) is 7.14. The number of amides is 2. The van der Waals surface area contributed by atoms with Crippen LogP contribution in [0.3, 0.4) is 0 Å². The van der Waals surface area contributed by atoms with Crippen molar-refractivity contribution in [2.45, 2.75) is 50.7 Å². The van der Waals surface area contributed by atoms with Gasteiger partial charge >= 0.3 is 0 Å². The molecule has 0 aliphatic heterocycles. The smallest absolute Gasteiger partial charge is 0.265 e. The van der Waals surface area contributed by atoms with Crippen LogP contribution in [0.2, 0.25) is 15.1 Å². The first kappa shape index (κ1) is 36.1. The number of sulfonamides is 1. The quantitative estimate of drug-likeness (QED) is 0.213. The first-order chi connectivity index (χ1) is 21.3. The van der Waals surface area contributed by atoms with Gasteiger partial charge in [-0.25, -0.2) is 8.42 Å². The number of carbonyl (C=O) groups is 2. The molecule has 2 unspecified atom stereocenters. The Hall–Kier alpha value is -3.38. The minimum atomic E-state index is -4.47. The van der Waals surface area contributed by atoms with Gasteiger partial charge in [0.25, 0.3) is 10.0 Å². The van der Waals surface area contributed by atoms with Crippen molar-refractivity contribution >= 4 is 62.3 Å². The molecule has 0 aliphatic carbocycles. The minimum absolute atomic E-state index is 0.0133. The second-order valence-corrected chi connectivity index (χ2v) is 13.2. The van der Waals surface area contributed by atoms with E-state index in [0.717, 1.165) is 4.31 Å². The molecule has 0 heterocycles. The average Bonchev–Trinajstić information content (AvgIpc) is 3.02. The zero-order valence-corrected chi connectivity index (χ0v) is 28.9. The molecule has 45 heavy (non-hydrogen) atoms. The Bertz CT molecular complexity index is 1640. The number of nitrogens with zero attached hydrogens (tertiary/aromatic N) is 2. The van der Waals surface area contributed by atoms with E-state index in [0.29, 0.717) is 22.8 Å². The summed E-state index contributed by atoms with van der Waals surface area (Å²) in [6.45, 7) is 4.56. The van der Waals surface area contributed by atoms with E-state index in [9.17, 15) is 18.0 Å². The molecule has 0 spiro atoms. The number of hydrogen-bond acceptors (Lipinski definition) is 7. The second kappa shape index (κ2) is 15.8. The van der Waals surface area contributed by atoms with Crippen molar-refractivity contribution in [3.05, 3.63) is 75.2 Å². The summed E-state index contributed by atoms with van der Waals surface area (Å²) in [4.78, 5) is 28.6. The molecule has 14 heteroatoms. The van der Waals surface area contributed by atoms with Gasteiger partial charge in [-0.05, 0) is 68.3 Å². The summed E-state index contributed by atoms with van der Waals surface area (Å²) in [6.07, 6.45) is 0.672. The fourth-order valence-corrected chi connectivity index (χ4v) is 6.28. The van der Waals surface area contributed by atoms with Crippen LogP contribution in [-0.2, 0) is 26.2 Å². The molecule has 0 fully saturated rings. The molecule has 1 N–H and O–H groups in total. The normalized spacial score (nSPS) is 12.6. The molecule has 244 valence electrons. The summed E-state index contributed by atoms with van der Waals surface area (Å²) < 4.78 is 45.6. The Morgan fingerprint density at radius 2 is 1.49 bits per heavy atom. The molecule has 3 rings (SSSR count). The lowest BCUT2D eigenvalue weighted by molar-refractivity contribution is -0.139. The van der Waals surface area contributed by atoms with Crippen molar-refractivity contribution in [3.63, 3.8) is 0 Å². The van der Waals surface area contributed by atoms with Crippen LogP contribution in [0, 0.1) is 0 Å². The molecule has 3 aromatic carbocycles. The van der Waals surface area contributed by atoms with E-state index in [4.69, 9.17) is 49.0 Å². The first-order valence-electron chi connectivity index (χ1n) is 13.9. The van der Waals surface area contributed by atoms with Crippen LogP contribution in [0.4, 0.5) is 5.69 Å². The SMILES string of the molecule is CCC(C)NC(=O)C(C)N(Cc1ccc(Cl)c(Cl)c1)C(=O)CN(c1cc(Cl)ccc1OC)S(=O)(=O)c1ccc(OC)c(OC)c1. The summed E-state index contributed by atoms with van der Waals surface area (Å²) in [5, 5.41) is 3.68. The van der Waals surface area contributed by atoms with Crippen LogP contribution < -0.4 is 23.8 Å². The molecule has 0 aromatic heterocycles. The molecule has 2 amide bonds. The Morgan fingerprint density at radius 1 is 0.844 bits per heavy atom. The van der Waals surface area contributed by atoms with Gasteiger partial charge in [-0.3, -0.25) is 13.9 Å². The minimum Gasteiger partial charge on any atom is -0.495 e. The maximum Gasteiger partial charge on any atom is 0.265 e. The fraction of sp³-hybridized carbons (Fsp3) is 0.355. The molecule has 0 saturated heterocycles. The molecular weight excluding hydrogens is 665 g/mol. The molecule has 0 bridgehead atoms. The van der Waals surface area contributed by atoms with Gasteiger partial charge in [0.1, 0.15) is 18.3 Å². The molecular formula is C31H36Cl3N3O7S. The van der Waals surface area contributed by atoms with Crippen molar-refractivity contribution in [1.82, 2.24) is 10.2 Å². The summed E-state index contributed by atoms with van der Waals surface area (Å²) in [5.74, 6) is -0.464. The third-order valence-corrected chi connectivity index (χ3v) is 9.87. The maximum absolute atomic E-state index is 14.3. The van der Waals surface area contributed by atoms with Gasteiger partial charge in [-0.2, -0.15) is 0 Å². The first-order valence-corrected chi connectivity index (χ1v) is 16.5. The van der Waals surface area contributed by atoms with Gasteiger partial charge in [0.15, 0.2) is 11.5 Å². The number of nitrogens with one attached hydrogen (secondary N) is 1. The average molecular weight is 701 g/mol. The van der Waals surface area contributed by atoms with Gasteiger partial charge in [0.05, 0.1) is 42.0 Å². The number of methoxy groups -OCH3 is 3. The third kappa shape index (κ3) is 8.66. The van der Waals surface area contributed by atoms with Crippen molar-refractivity contribution in [1.29, 1.82) is 0 Å². The molecule has 0 aliphatic rings. The van der Waals surface area contributed by atoms with Crippen LogP contribution in [0.5, 0.6) is 17.2 Å². The van der Waals surface area contributed by atoms with E-state index in [1.54, 1.807) is 25.1 Å². The molecule has 10 nitrogen and oxygen atoms in total. The van der Waals surface area contributed by atoms with Crippen LogP contribution in [-0.4, -0.2) is 65.1 Å². The van der Waals surface area contributed by atoms with Gasteiger partial charge < -0.3 is 24.4 Å². The standard InChI is InChI=1S/C31H36Cl3N3O7S/c1-7-19(2)35-31(39)20(3)36(17-21-8-11-24(33)25(34)14-21)30(38)18-37(26-15-22(32)9-12-27(26)42-4)45(40,41)23-10-13-28(43-5)29(16-23)44-6/h8-16,19-20H,7,17-18H2,1-6H3,(H,35,39). The summed E-state index contributed by atoms with van der Waals surface area (Å²) in [6, 6.07) is 12.2. The topological polar surface area (TPSA) is 114 Å². The number of halogens is 3. The number of hydrogen-bond donors (Lipinski definition) is 1. The summed E-state index contributed by atoms with van der Waals surface area (Å²) in [5.41, 5.74) is 0.593. The van der Waals surface area contributed by atoms with E-state index in [-0.39, 0.29) is 44.7 Å². The maximum atomic E-state index is 14.3. The highest BCUT2D eigenvalue weighted by atomic mass is 35.5. The number of ether oxygens (including phenoxy) is 3. The van der Waals surface area contributed by atoms with Gasteiger partial charge in [-0.1, -0.05) is 47.8 Å². The fourth-order valence-electron chi connectivity index (χ4n) is 4.36. The van der Waals surface area contributed by atoms with Gasteiger partial charge in [0.2, 0.25) is 11.8 Å². The highest BCUT2D eigenvalue weighted by Gasteiger charge is 2.34. The largest absolute Gasteiger partial charge is 0.495 e. The van der Waals surface area contributed by atoms with Crippen LogP contribution >= 0.6 is 34.8 Å². The predicted molar refractivity (Wildman–Crippen MR) is 176 cm³/mol.